The summed E-state index contributed by atoms with van der Waals surface area (Å²) in [4.78, 5) is 5.20. The van der Waals surface area contributed by atoms with Gasteiger partial charge >= 0.3 is 12.4 Å². The predicted octanol–water partition coefficient (Wildman–Crippen LogP) is 6.16. The summed E-state index contributed by atoms with van der Waals surface area (Å²) < 4.78 is 77.6. The zero-order chi connectivity index (χ0) is 23.4. The van der Waals surface area contributed by atoms with Gasteiger partial charge in [0.05, 0.1) is 21.7 Å². The lowest BCUT2D eigenvalue weighted by molar-refractivity contribution is -0.143. The number of nitrogens with zero attached hydrogens (tertiary/aromatic N) is 1. The molecule has 0 saturated carbocycles. The van der Waals surface area contributed by atoms with E-state index in [4.69, 9.17) is 5.73 Å². The Morgan fingerprint density at radius 1 is 0.875 bits per heavy atom. The van der Waals surface area contributed by atoms with E-state index in [1.807, 2.05) is 29.6 Å². The van der Waals surface area contributed by atoms with Crippen molar-refractivity contribution in [1.29, 1.82) is 0 Å². The maximum Gasteiger partial charge on any atom is 0.416 e. The molecule has 170 valence electrons. The Balaban J connectivity index is 1.58. The Morgan fingerprint density at radius 2 is 1.50 bits per heavy atom. The van der Waals surface area contributed by atoms with Crippen LogP contribution in [0.15, 0.2) is 65.0 Å². The normalized spacial score (nSPS) is 12.9. The second kappa shape index (κ2) is 9.74. The van der Waals surface area contributed by atoms with Crippen LogP contribution in [0.2, 0.25) is 0 Å². The van der Waals surface area contributed by atoms with Gasteiger partial charge in [-0.25, -0.2) is 4.99 Å². The lowest BCUT2D eigenvalue weighted by Gasteiger charge is -2.14. The molecule has 0 aliphatic rings. The van der Waals surface area contributed by atoms with Gasteiger partial charge in [0.1, 0.15) is 5.84 Å². The first-order chi connectivity index (χ1) is 15.0. The smallest absolute Gasteiger partial charge is 0.383 e. The molecule has 1 aromatic heterocycles. The molecule has 3 rings (SSSR count). The number of benzene rings is 2. The molecule has 0 aliphatic carbocycles. The third kappa shape index (κ3) is 6.57. The summed E-state index contributed by atoms with van der Waals surface area (Å²) in [6.07, 6.45) is -9.17. The van der Waals surface area contributed by atoms with E-state index in [9.17, 15) is 26.3 Å². The summed E-state index contributed by atoms with van der Waals surface area (Å²) in [6, 6.07) is 12.6. The van der Waals surface area contributed by atoms with Gasteiger partial charge in [-0.2, -0.15) is 26.3 Å². The molecule has 2 aromatic carbocycles. The summed E-state index contributed by atoms with van der Waals surface area (Å²) in [5.74, 6) is 0.411. The first-order valence-electron chi connectivity index (χ1n) is 9.48. The Kier molecular flexibility index (Phi) is 7.25. The molecule has 0 radical (unpaired) electrons. The predicted molar refractivity (Wildman–Crippen MR) is 113 cm³/mol. The highest BCUT2D eigenvalue weighted by Crippen LogP contribution is 2.36. The standard InChI is InChI=1S/C22H19F6N3S/c23-21(24,25)16-10-15(11-17(12-16)22(26,27)28)13-30-8-7-14-3-5-18(6-4-14)31-20(29)19-2-1-9-32-19/h1-6,9-12,30H,7-8,13H2,(H2,29,31). The largest absolute Gasteiger partial charge is 0.416 e. The van der Waals surface area contributed by atoms with Crippen LogP contribution in [-0.2, 0) is 25.3 Å². The summed E-state index contributed by atoms with van der Waals surface area (Å²) in [7, 11) is 0. The molecule has 0 fully saturated rings. The van der Waals surface area contributed by atoms with E-state index in [0.29, 0.717) is 24.5 Å². The van der Waals surface area contributed by atoms with Crippen LogP contribution in [0.25, 0.3) is 0 Å². The van der Waals surface area contributed by atoms with Crippen molar-refractivity contribution in [3.8, 4) is 0 Å². The van der Waals surface area contributed by atoms with Crippen molar-refractivity contribution in [2.45, 2.75) is 25.3 Å². The highest BCUT2D eigenvalue weighted by atomic mass is 32.1. The Morgan fingerprint density at radius 3 is 2.03 bits per heavy atom. The van der Waals surface area contributed by atoms with Crippen LogP contribution in [0.4, 0.5) is 32.0 Å². The number of nitrogens with two attached hydrogens (primary N) is 1. The maximum atomic E-state index is 12.9. The lowest BCUT2D eigenvalue weighted by Crippen LogP contribution is -2.18. The van der Waals surface area contributed by atoms with E-state index in [-0.39, 0.29) is 18.2 Å². The molecule has 0 atom stereocenters. The molecule has 3 aromatic rings. The van der Waals surface area contributed by atoms with Gasteiger partial charge < -0.3 is 11.1 Å². The molecule has 0 bridgehead atoms. The second-order valence-corrected chi connectivity index (χ2v) is 7.93. The van der Waals surface area contributed by atoms with Crippen LogP contribution >= 0.6 is 11.3 Å². The molecule has 32 heavy (non-hydrogen) atoms. The van der Waals surface area contributed by atoms with Gasteiger partial charge in [-0.1, -0.05) is 18.2 Å². The number of halogens is 6. The van der Waals surface area contributed by atoms with Crippen molar-refractivity contribution in [3.63, 3.8) is 0 Å². The minimum atomic E-state index is -4.85. The van der Waals surface area contributed by atoms with E-state index in [0.717, 1.165) is 22.6 Å². The molecule has 0 aliphatic heterocycles. The highest BCUT2D eigenvalue weighted by molar-refractivity contribution is 7.12. The average molecular weight is 471 g/mol. The third-order valence-electron chi connectivity index (χ3n) is 4.53. The number of hydrogen-bond acceptors (Lipinski definition) is 3. The number of alkyl halides is 6. The quantitative estimate of drug-likeness (QED) is 0.188. The van der Waals surface area contributed by atoms with E-state index < -0.39 is 23.5 Å². The first kappa shape index (κ1) is 23.8. The monoisotopic (exact) mass is 471 g/mol. The lowest BCUT2D eigenvalue weighted by atomic mass is 10.0. The summed E-state index contributed by atoms with van der Waals surface area (Å²) in [6.45, 7) is 0.254. The minimum absolute atomic E-state index is 0.0825. The average Bonchev–Trinajstić information content (AvgIpc) is 3.26. The summed E-state index contributed by atoms with van der Waals surface area (Å²) in [5.41, 5.74) is 4.84. The fourth-order valence-electron chi connectivity index (χ4n) is 2.94. The fraction of sp³-hybridized carbons (Fsp3) is 0.227. The van der Waals surface area contributed by atoms with E-state index in [1.54, 1.807) is 12.1 Å². The van der Waals surface area contributed by atoms with Crippen LogP contribution in [0, 0.1) is 0 Å². The molecule has 0 saturated heterocycles. The van der Waals surface area contributed by atoms with E-state index in [1.165, 1.54) is 11.3 Å². The fourth-order valence-corrected chi connectivity index (χ4v) is 3.57. The van der Waals surface area contributed by atoms with Gasteiger partial charge in [-0.15, -0.1) is 11.3 Å². The number of amidine groups is 1. The van der Waals surface area contributed by atoms with E-state index >= 15 is 0 Å². The number of aliphatic imine (C=N–C) groups is 1. The van der Waals surface area contributed by atoms with Crippen molar-refractivity contribution in [2.24, 2.45) is 10.7 Å². The van der Waals surface area contributed by atoms with Crippen molar-refractivity contribution in [3.05, 3.63) is 87.1 Å². The number of rotatable bonds is 7. The minimum Gasteiger partial charge on any atom is -0.383 e. The van der Waals surface area contributed by atoms with Gasteiger partial charge in [-0.05, 0) is 65.9 Å². The third-order valence-corrected chi connectivity index (χ3v) is 5.42. The molecule has 0 spiro atoms. The molecule has 10 heteroatoms. The van der Waals surface area contributed by atoms with Crippen molar-refractivity contribution in [1.82, 2.24) is 5.32 Å². The maximum absolute atomic E-state index is 12.9. The first-order valence-corrected chi connectivity index (χ1v) is 10.4. The zero-order valence-corrected chi connectivity index (χ0v) is 17.4. The van der Waals surface area contributed by atoms with Crippen LogP contribution in [0.1, 0.15) is 27.1 Å². The number of hydrogen-bond donors (Lipinski definition) is 2. The Labute approximate surface area is 184 Å². The Hall–Kier alpha value is -2.85. The van der Waals surface area contributed by atoms with Gasteiger partial charge in [0, 0.05) is 6.54 Å². The van der Waals surface area contributed by atoms with Crippen molar-refractivity contribution >= 4 is 22.9 Å². The SMILES string of the molecule is NC(=Nc1ccc(CCNCc2cc(C(F)(F)F)cc(C(F)(F)F)c2)cc1)c1cccs1. The van der Waals surface area contributed by atoms with Crippen molar-refractivity contribution < 1.29 is 26.3 Å². The molecule has 3 nitrogen and oxygen atoms in total. The molecule has 3 N–H and O–H groups in total. The van der Waals surface area contributed by atoms with Gasteiger partial charge in [0.15, 0.2) is 0 Å². The van der Waals surface area contributed by atoms with Crippen LogP contribution in [-0.4, -0.2) is 12.4 Å². The van der Waals surface area contributed by atoms with Crippen molar-refractivity contribution in [2.75, 3.05) is 6.54 Å². The van der Waals surface area contributed by atoms with Crippen LogP contribution < -0.4 is 11.1 Å². The van der Waals surface area contributed by atoms with Gasteiger partial charge in [-0.3, -0.25) is 0 Å². The van der Waals surface area contributed by atoms with Crippen LogP contribution in [0.3, 0.4) is 0 Å². The molecule has 0 unspecified atom stereocenters. The van der Waals surface area contributed by atoms with Gasteiger partial charge in [0.2, 0.25) is 0 Å². The molecule has 1 heterocycles. The molecular formula is C22H19F6N3S. The summed E-state index contributed by atoms with van der Waals surface area (Å²) >= 11 is 1.48. The molecular weight excluding hydrogens is 452 g/mol. The van der Waals surface area contributed by atoms with Gasteiger partial charge in [0.25, 0.3) is 0 Å². The summed E-state index contributed by atoms with van der Waals surface area (Å²) in [5, 5.41) is 4.79. The van der Waals surface area contributed by atoms with E-state index in [2.05, 4.69) is 10.3 Å². The van der Waals surface area contributed by atoms with Crippen LogP contribution in [0.5, 0.6) is 0 Å². The topological polar surface area (TPSA) is 50.4 Å². The Bertz CT molecular complexity index is 1020. The number of thiophene rings is 1. The second-order valence-electron chi connectivity index (χ2n) is 6.98. The highest BCUT2D eigenvalue weighted by Gasteiger charge is 2.36. The number of nitrogens with one attached hydrogen (secondary N) is 1. The zero-order valence-electron chi connectivity index (χ0n) is 16.6. The molecule has 0 amide bonds.